The smallest absolute Gasteiger partial charge is 0.264 e. The molecule has 0 unspecified atom stereocenters. The number of hydrogen-bond donors (Lipinski definition) is 0. The molecule has 0 N–H and O–H groups in total. The van der Waals surface area contributed by atoms with Crippen molar-refractivity contribution in [2.75, 3.05) is 11.4 Å². The van der Waals surface area contributed by atoms with E-state index in [1.54, 1.807) is 43.4 Å². The number of sulfonamides is 1. The summed E-state index contributed by atoms with van der Waals surface area (Å²) in [7, 11) is -2.08. The zero-order valence-electron chi connectivity index (χ0n) is 14.7. The van der Waals surface area contributed by atoms with Gasteiger partial charge in [0.05, 0.1) is 10.6 Å². The lowest BCUT2D eigenvalue weighted by molar-refractivity contribution is 0.594. The van der Waals surface area contributed by atoms with Crippen LogP contribution in [0.1, 0.15) is 16.0 Å². The molecule has 0 saturated carbocycles. The Hall–Kier alpha value is -2.62. The minimum Gasteiger partial charge on any atom is -0.269 e. The van der Waals surface area contributed by atoms with Gasteiger partial charge in [-0.05, 0) is 61.4 Å². The number of nitrogens with zero attached hydrogens (tertiary/aromatic N) is 2. The van der Waals surface area contributed by atoms with E-state index < -0.39 is 10.0 Å². The first-order valence-corrected chi connectivity index (χ1v) is 10.2. The first-order chi connectivity index (χ1) is 12.3. The molecule has 132 valence electrons. The Bertz CT molecular complexity index is 1090. The van der Waals surface area contributed by atoms with Crippen LogP contribution in [0.2, 0.25) is 0 Å². The molecule has 0 aliphatic heterocycles. The van der Waals surface area contributed by atoms with Crippen LogP contribution in [0, 0.1) is 25.2 Å². The molecular formula is C20H18N2O2S2. The van der Waals surface area contributed by atoms with Crippen molar-refractivity contribution in [3.63, 3.8) is 0 Å². The summed E-state index contributed by atoms with van der Waals surface area (Å²) >= 11 is 1.40. The molecule has 26 heavy (non-hydrogen) atoms. The van der Waals surface area contributed by atoms with Crippen molar-refractivity contribution < 1.29 is 8.42 Å². The highest BCUT2D eigenvalue weighted by molar-refractivity contribution is 7.92. The summed E-state index contributed by atoms with van der Waals surface area (Å²) in [4.78, 5) is 1.84. The Morgan fingerprint density at radius 1 is 1.00 bits per heavy atom. The third-order valence-electron chi connectivity index (χ3n) is 4.25. The number of benzene rings is 2. The zero-order chi connectivity index (χ0) is 18.9. The van der Waals surface area contributed by atoms with Gasteiger partial charge in [-0.3, -0.25) is 4.31 Å². The SMILES string of the molecule is Cc1ccc(S(=O)(=O)N(C)c2ccc(C)c(-c3ccc(C#N)s3)c2)cc1. The van der Waals surface area contributed by atoms with Crippen LogP contribution in [0.3, 0.4) is 0 Å². The Labute approximate surface area is 158 Å². The predicted molar refractivity (Wildman–Crippen MR) is 106 cm³/mol. The number of hydrogen-bond acceptors (Lipinski definition) is 4. The lowest BCUT2D eigenvalue weighted by atomic mass is 10.1. The highest BCUT2D eigenvalue weighted by Gasteiger charge is 2.22. The van der Waals surface area contributed by atoms with Gasteiger partial charge in [-0.2, -0.15) is 5.26 Å². The second-order valence-electron chi connectivity index (χ2n) is 6.06. The highest BCUT2D eigenvalue weighted by Crippen LogP contribution is 2.34. The fourth-order valence-corrected chi connectivity index (χ4v) is 4.69. The lowest BCUT2D eigenvalue weighted by Crippen LogP contribution is -2.26. The van der Waals surface area contributed by atoms with Crippen molar-refractivity contribution >= 4 is 27.0 Å². The average Bonchev–Trinajstić information content (AvgIpc) is 3.11. The molecule has 0 aliphatic carbocycles. The first-order valence-electron chi connectivity index (χ1n) is 7.99. The summed E-state index contributed by atoms with van der Waals surface area (Å²) in [6.07, 6.45) is 0. The molecule has 0 saturated heterocycles. The molecule has 0 atom stereocenters. The van der Waals surface area contributed by atoms with Gasteiger partial charge in [0.25, 0.3) is 10.0 Å². The molecule has 0 aliphatic rings. The van der Waals surface area contributed by atoms with Gasteiger partial charge in [0, 0.05) is 11.9 Å². The standard InChI is InChI=1S/C20H18N2O2S2/c1-14-4-9-18(10-5-14)26(23,24)22(3)16-7-6-15(2)19(12-16)20-11-8-17(13-21)25-20/h4-12H,1-3H3. The molecular weight excluding hydrogens is 364 g/mol. The van der Waals surface area contributed by atoms with Crippen molar-refractivity contribution in [1.82, 2.24) is 0 Å². The van der Waals surface area contributed by atoms with Crippen LogP contribution in [-0.4, -0.2) is 15.5 Å². The Balaban J connectivity index is 2.02. The second-order valence-corrected chi connectivity index (χ2v) is 9.11. The molecule has 0 spiro atoms. The molecule has 1 aromatic heterocycles. The van der Waals surface area contributed by atoms with E-state index >= 15 is 0 Å². The Morgan fingerprint density at radius 2 is 1.69 bits per heavy atom. The van der Waals surface area contributed by atoms with E-state index in [9.17, 15) is 8.42 Å². The van der Waals surface area contributed by atoms with E-state index in [4.69, 9.17) is 5.26 Å². The Kier molecular flexibility index (Phi) is 4.86. The van der Waals surface area contributed by atoms with Gasteiger partial charge in [-0.15, -0.1) is 11.3 Å². The van der Waals surface area contributed by atoms with Gasteiger partial charge in [-0.1, -0.05) is 23.8 Å². The van der Waals surface area contributed by atoms with Gasteiger partial charge < -0.3 is 0 Å². The van der Waals surface area contributed by atoms with Crippen molar-refractivity contribution in [3.05, 3.63) is 70.6 Å². The van der Waals surface area contributed by atoms with Gasteiger partial charge >= 0.3 is 0 Å². The third kappa shape index (κ3) is 3.36. The number of nitriles is 1. The topological polar surface area (TPSA) is 61.2 Å². The van der Waals surface area contributed by atoms with Crippen molar-refractivity contribution in [1.29, 1.82) is 5.26 Å². The van der Waals surface area contributed by atoms with Crippen molar-refractivity contribution in [2.45, 2.75) is 18.7 Å². The number of rotatable bonds is 4. The van der Waals surface area contributed by atoms with E-state index in [0.29, 0.717) is 10.6 Å². The van der Waals surface area contributed by atoms with Crippen molar-refractivity contribution in [2.24, 2.45) is 0 Å². The van der Waals surface area contributed by atoms with Gasteiger partial charge in [0.15, 0.2) is 0 Å². The summed E-state index contributed by atoms with van der Waals surface area (Å²) in [6, 6.07) is 18.2. The fourth-order valence-electron chi connectivity index (χ4n) is 2.62. The Morgan fingerprint density at radius 3 is 2.31 bits per heavy atom. The van der Waals surface area contributed by atoms with Gasteiger partial charge in [0.1, 0.15) is 10.9 Å². The molecule has 0 radical (unpaired) electrons. The molecule has 0 amide bonds. The monoisotopic (exact) mass is 382 g/mol. The number of anilines is 1. The summed E-state index contributed by atoms with van der Waals surface area (Å²) < 4.78 is 27.1. The van der Waals surface area contributed by atoms with E-state index in [2.05, 4.69) is 6.07 Å². The average molecular weight is 383 g/mol. The number of thiophene rings is 1. The van der Waals surface area contributed by atoms with Gasteiger partial charge in [0.2, 0.25) is 0 Å². The molecule has 0 fully saturated rings. The molecule has 4 nitrogen and oxygen atoms in total. The van der Waals surface area contributed by atoms with E-state index in [0.717, 1.165) is 21.6 Å². The van der Waals surface area contributed by atoms with E-state index in [1.807, 2.05) is 32.0 Å². The molecule has 1 heterocycles. The van der Waals surface area contributed by atoms with Crippen LogP contribution in [0.5, 0.6) is 0 Å². The maximum absolute atomic E-state index is 12.9. The minimum absolute atomic E-state index is 0.260. The van der Waals surface area contributed by atoms with Crippen LogP contribution in [0.4, 0.5) is 5.69 Å². The quantitative estimate of drug-likeness (QED) is 0.655. The summed E-state index contributed by atoms with van der Waals surface area (Å²) in [5.74, 6) is 0. The predicted octanol–water partition coefficient (Wildman–Crippen LogP) is 4.73. The van der Waals surface area contributed by atoms with E-state index in [-0.39, 0.29) is 4.90 Å². The molecule has 3 aromatic rings. The lowest BCUT2D eigenvalue weighted by Gasteiger charge is -2.21. The third-order valence-corrected chi connectivity index (χ3v) is 7.07. The normalized spacial score (nSPS) is 11.2. The maximum Gasteiger partial charge on any atom is 0.264 e. The number of aryl methyl sites for hydroxylation is 2. The summed E-state index contributed by atoms with van der Waals surface area (Å²) in [5, 5.41) is 9.04. The van der Waals surface area contributed by atoms with Crippen LogP contribution in [0.15, 0.2) is 59.5 Å². The fraction of sp³-hybridized carbons (Fsp3) is 0.150. The second kappa shape index (κ2) is 6.94. The first kappa shape index (κ1) is 18.2. The molecule has 2 aromatic carbocycles. The van der Waals surface area contributed by atoms with Gasteiger partial charge in [-0.25, -0.2) is 8.42 Å². The maximum atomic E-state index is 12.9. The minimum atomic E-state index is -3.64. The van der Waals surface area contributed by atoms with E-state index in [1.165, 1.54) is 15.6 Å². The summed E-state index contributed by atoms with van der Waals surface area (Å²) in [6.45, 7) is 3.89. The zero-order valence-corrected chi connectivity index (χ0v) is 16.4. The largest absolute Gasteiger partial charge is 0.269 e. The van der Waals surface area contributed by atoms with Crippen LogP contribution in [0.25, 0.3) is 10.4 Å². The van der Waals surface area contributed by atoms with Crippen molar-refractivity contribution in [3.8, 4) is 16.5 Å². The van der Waals surface area contributed by atoms with Crippen LogP contribution < -0.4 is 4.31 Å². The highest BCUT2D eigenvalue weighted by atomic mass is 32.2. The molecule has 0 bridgehead atoms. The molecule has 3 rings (SSSR count). The molecule has 6 heteroatoms. The summed E-state index contributed by atoms with van der Waals surface area (Å²) in [5.41, 5.74) is 3.55. The van der Waals surface area contributed by atoms with Crippen LogP contribution >= 0.6 is 11.3 Å². The van der Waals surface area contributed by atoms with Crippen LogP contribution in [-0.2, 0) is 10.0 Å².